The van der Waals surface area contributed by atoms with E-state index in [9.17, 15) is 4.79 Å². The van der Waals surface area contributed by atoms with E-state index in [1.54, 1.807) is 31.1 Å². The molecule has 104 valence electrons. The lowest BCUT2D eigenvalue weighted by Crippen LogP contribution is -2.19. The van der Waals surface area contributed by atoms with Crippen LogP contribution in [0, 0.1) is 0 Å². The lowest BCUT2D eigenvalue weighted by atomic mass is 10.3. The van der Waals surface area contributed by atoms with Crippen LogP contribution < -0.4 is 10.6 Å². The molecule has 2 aromatic rings. The summed E-state index contributed by atoms with van der Waals surface area (Å²) in [7, 11) is 1.60. The van der Waals surface area contributed by atoms with Gasteiger partial charge in [0.05, 0.1) is 0 Å². The van der Waals surface area contributed by atoms with Gasteiger partial charge in [-0.15, -0.1) is 11.8 Å². The van der Waals surface area contributed by atoms with E-state index in [1.807, 2.05) is 24.3 Å². The fourth-order valence-electron chi connectivity index (χ4n) is 1.67. The van der Waals surface area contributed by atoms with E-state index < -0.39 is 0 Å². The molecule has 5 heteroatoms. The third-order valence-corrected chi connectivity index (χ3v) is 3.68. The molecule has 1 aromatic heterocycles. The number of anilines is 1. The molecule has 1 heterocycles. The van der Waals surface area contributed by atoms with E-state index >= 15 is 0 Å². The number of nitrogens with zero attached hydrogens (tertiary/aromatic N) is 1. The number of carbonyl (C=O) groups excluding carboxylic acids is 1. The zero-order chi connectivity index (χ0) is 14.2. The Bertz CT molecular complexity index is 560. The summed E-state index contributed by atoms with van der Waals surface area (Å²) in [6, 6.07) is 13.9. The number of aromatic nitrogens is 1. The maximum atomic E-state index is 11.5. The Morgan fingerprint density at radius 1 is 1.25 bits per heavy atom. The third kappa shape index (κ3) is 4.28. The second-order valence-electron chi connectivity index (χ2n) is 4.10. The van der Waals surface area contributed by atoms with Crippen molar-refractivity contribution in [3.8, 4) is 0 Å². The van der Waals surface area contributed by atoms with Crippen LogP contribution in [0.25, 0.3) is 0 Å². The summed E-state index contributed by atoms with van der Waals surface area (Å²) in [4.78, 5) is 16.8. The molecule has 4 nitrogen and oxygen atoms in total. The van der Waals surface area contributed by atoms with Crippen LogP contribution in [0.2, 0.25) is 0 Å². The molecule has 0 unspecified atom stereocenters. The lowest BCUT2D eigenvalue weighted by Gasteiger charge is -2.07. The standard InChI is InChI=1S/C15H17N3OS/c1-16-15(19)14-11-12(7-8-18-14)17-9-10-20-13-5-3-2-4-6-13/h2-8,11H,9-10H2,1H3,(H,16,19)(H,17,18). The second-order valence-corrected chi connectivity index (χ2v) is 5.27. The molecule has 20 heavy (non-hydrogen) atoms. The van der Waals surface area contributed by atoms with Crippen molar-refractivity contribution in [2.75, 3.05) is 24.7 Å². The Morgan fingerprint density at radius 2 is 2.05 bits per heavy atom. The first-order valence-corrected chi connectivity index (χ1v) is 7.38. The summed E-state index contributed by atoms with van der Waals surface area (Å²) < 4.78 is 0. The minimum absolute atomic E-state index is 0.174. The van der Waals surface area contributed by atoms with Crippen molar-refractivity contribution in [2.24, 2.45) is 0 Å². The molecule has 0 aliphatic rings. The fraction of sp³-hybridized carbons (Fsp3) is 0.200. The summed E-state index contributed by atoms with van der Waals surface area (Å²) in [5.41, 5.74) is 1.33. The molecule has 1 amide bonds. The molecule has 0 bridgehead atoms. The van der Waals surface area contributed by atoms with Crippen molar-refractivity contribution in [3.63, 3.8) is 0 Å². The number of nitrogens with one attached hydrogen (secondary N) is 2. The average Bonchev–Trinajstić information content (AvgIpc) is 2.52. The number of hydrogen-bond donors (Lipinski definition) is 2. The smallest absolute Gasteiger partial charge is 0.269 e. The maximum Gasteiger partial charge on any atom is 0.269 e. The van der Waals surface area contributed by atoms with Crippen molar-refractivity contribution >= 4 is 23.4 Å². The van der Waals surface area contributed by atoms with Crippen LogP contribution in [0.15, 0.2) is 53.6 Å². The second kappa shape index (κ2) is 7.55. The third-order valence-electron chi connectivity index (χ3n) is 2.66. The van der Waals surface area contributed by atoms with Gasteiger partial charge in [-0.2, -0.15) is 0 Å². The van der Waals surface area contributed by atoms with E-state index in [-0.39, 0.29) is 5.91 Å². The number of carbonyl (C=O) groups is 1. The van der Waals surface area contributed by atoms with Crippen molar-refractivity contribution < 1.29 is 4.79 Å². The topological polar surface area (TPSA) is 54.0 Å². The minimum atomic E-state index is -0.174. The SMILES string of the molecule is CNC(=O)c1cc(NCCSc2ccccc2)ccn1. The normalized spacial score (nSPS) is 10.1. The molecule has 0 atom stereocenters. The van der Waals surface area contributed by atoms with Crippen LogP contribution in [0.3, 0.4) is 0 Å². The van der Waals surface area contributed by atoms with Crippen molar-refractivity contribution in [2.45, 2.75) is 4.90 Å². The van der Waals surface area contributed by atoms with E-state index in [2.05, 4.69) is 27.8 Å². The molecule has 2 rings (SSSR count). The van der Waals surface area contributed by atoms with Gasteiger partial charge in [0, 0.05) is 36.1 Å². The Labute approximate surface area is 123 Å². The van der Waals surface area contributed by atoms with Crippen molar-refractivity contribution in [1.82, 2.24) is 10.3 Å². The molecule has 0 radical (unpaired) electrons. The van der Waals surface area contributed by atoms with Gasteiger partial charge < -0.3 is 10.6 Å². The van der Waals surface area contributed by atoms with Crippen LogP contribution in [0.5, 0.6) is 0 Å². The Hall–Kier alpha value is -2.01. The van der Waals surface area contributed by atoms with Gasteiger partial charge in [-0.25, -0.2) is 0 Å². The summed E-state index contributed by atoms with van der Waals surface area (Å²) in [6.45, 7) is 0.830. The minimum Gasteiger partial charge on any atom is -0.384 e. The van der Waals surface area contributed by atoms with Crippen LogP contribution in [0.4, 0.5) is 5.69 Å². The summed E-state index contributed by atoms with van der Waals surface area (Å²) in [5, 5.41) is 5.86. The Balaban J connectivity index is 1.81. The molecular formula is C15H17N3OS. The van der Waals surface area contributed by atoms with E-state index in [4.69, 9.17) is 0 Å². The molecule has 1 aromatic carbocycles. The zero-order valence-corrected chi connectivity index (χ0v) is 12.1. The highest BCUT2D eigenvalue weighted by Crippen LogP contribution is 2.16. The predicted molar refractivity (Wildman–Crippen MR) is 83.3 cm³/mol. The van der Waals surface area contributed by atoms with Gasteiger partial charge in [-0.3, -0.25) is 9.78 Å². The van der Waals surface area contributed by atoms with Crippen molar-refractivity contribution in [3.05, 3.63) is 54.4 Å². The van der Waals surface area contributed by atoms with Gasteiger partial charge in [0.25, 0.3) is 5.91 Å². The maximum absolute atomic E-state index is 11.5. The first-order valence-electron chi connectivity index (χ1n) is 6.39. The average molecular weight is 287 g/mol. The first-order chi connectivity index (χ1) is 9.79. The van der Waals surface area contributed by atoms with Crippen LogP contribution in [0.1, 0.15) is 10.5 Å². The molecule has 0 saturated carbocycles. The molecule has 0 saturated heterocycles. The van der Waals surface area contributed by atoms with E-state index in [0.29, 0.717) is 5.69 Å². The quantitative estimate of drug-likeness (QED) is 0.633. The summed E-state index contributed by atoms with van der Waals surface area (Å²) in [6.07, 6.45) is 1.64. The Kier molecular flexibility index (Phi) is 5.43. The predicted octanol–water partition coefficient (Wildman–Crippen LogP) is 2.65. The Morgan fingerprint density at radius 3 is 2.80 bits per heavy atom. The number of hydrogen-bond acceptors (Lipinski definition) is 4. The fourth-order valence-corrected chi connectivity index (χ4v) is 2.46. The van der Waals surface area contributed by atoms with Gasteiger partial charge in [0.1, 0.15) is 5.69 Å². The molecule has 0 spiro atoms. The molecule has 0 aliphatic heterocycles. The molecule has 2 N–H and O–H groups in total. The number of rotatable bonds is 6. The highest BCUT2D eigenvalue weighted by molar-refractivity contribution is 7.99. The number of benzene rings is 1. The first kappa shape index (κ1) is 14.4. The highest BCUT2D eigenvalue weighted by Gasteiger charge is 2.04. The van der Waals surface area contributed by atoms with E-state index in [0.717, 1.165) is 18.0 Å². The number of pyridine rings is 1. The van der Waals surface area contributed by atoms with Gasteiger partial charge in [0.15, 0.2) is 0 Å². The highest BCUT2D eigenvalue weighted by atomic mass is 32.2. The van der Waals surface area contributed by atoms with Gasteiger partial charge in [0.2, 0.25) is 0 Å². The summed E-state index contributed by atoms with van der Waals surface area (Å²) >= 11 is 1.80. The largest absolute Gasteiger partial charge is 0.384 e. The van der Waals surface area contributed by atoms with Gasteiger partial charge in [-0.1, -0.05) is 18.2 Å². The molecule has 0 aliphatic carbocycles. The molecular weight excluding hydrogens is 270 g/mol. The zero-order valence-electron chi connectivity index (χ0n) is 11.3. The van der Waals surface area contributed by atoms with Gasteiger partial charge >= 0.3 is 0 Å². The monoisotopic (exact) mass is 287 g/mol. The number of thioether (sulfide) groups is 1. The van der Waals surface area contributed by atoms with Crippen LogP contribution in [-0.2, 0) is 0 Å². The lowest BCUT2D eigenvalue weighted by molar-refractivity contribution is 0.0958. The van der Waals surface area contributed by atoms with Crippen LogP contribution in [-0.4, -0.2) is 30.2 Å². The molecule has 0 fully saturated rings. The van der Waals surface area contributed by atoms with E-state index in [1.165, 1.54) is 4.90 Å². The van der Waals surface area contributed by atoms with Gasteiger partial charge in [-0.05, 0) is 24.3 Å². The van der Waals surface area contributed by atoms with Crippen LogP contribution >= 0.6 is 11.8 Å². The van der Waals surface area contributed by atoms with Crippen molar-refractivity contribution in [1.29, 1.82) is 0 Å². The number of amides is 1. The summed E-state index contributed by atoms with van der Waals surface area (Å²) in [5.74, 6) is 0.786.